The highest BCUT2D eigenvalue weighted by Gasteiger charge is 2.13. The average Bonchev–Trinajstić information content (AvgIpc) is 1.85. The predicted octanol–water partition coefficient (Wildman–Crippen LogP) is 2.44. The summed E-state index contributed by atoms with van der Waals surface area (Å²) in [5, 5.41) is 0. The van der Waals surface area contributed by atoms with Crippen LogP contribution in [0, 0.1) is 12.8 Å². The Kier molecular flexibility index (Phi) is 1.41. The zero-order chi connectivity index (χ0) is 6.15. The summed E-state index contributed by atoms with van der Waals surface area (Å²) in [6.07, 6.45) is 2.23. The molecule has 0 amide bonds. The third kappa shape index (κ3) is 0.936. The highest BCUT2D eigenvalue weighted by molar-refractivity contribution is 5.17. The van der Waals surface area contributed by atoms with E-state index in [0.29, 0.717) is 5.92 Å². The monoisotopic (exact) mass is 108 g/mol. The molecule has 0 aromatic rings. The third-order valence-electron chi connectivity index (χ3n) is 1.87. The molecule has 44 valence electrons. The summed E-state index contributed by atoms with van der Waals surface area (Å²) in [7, 11) is 0. The van der Waals surface area contributed by atoms with Gasteiger partial charge in [0.25, 0.3) is 0 Å². The summed E-state index contributed by atoms with van der Waals surface area (Å²) < 4.78 is 0. The molecule has 0 fully saturated rings. The molecule has 0 heterocycles. The lowest BCUT2D eigenvalue weighted by Crippen LogP contribution is -1.83. The maximum atomic E-state index is 5.67. The van der Waals surface area contributed by atoms with E-state index in [0.717, 1.165) is 12.8 Å². The fourth-order valence-electron chi connectivity index (χ4n) is 1.21. The lowest BCUT2D eigenvalue weighted by molar-refractivity contribution is 0.690. The maximum Gasteiger partial charge on any atom is -0.0286 e. The number of rotatable bonds is 0. The van der Waals surface area contributed by atoms with E-state index in [1.165, 1.54) is 11.1 Å². The van der Waals surface area contributed by atoms with Crippen LogP contribution in [0.1, 0.15) is 26.7 Å². The first kappa shape index (κ1) is 5.87. The molecular formula is C8H12. The van der Waals surface area contributed by atoms with Crippen LogP contribution in [0.25, 0.3) is 0 Å². The van der Waals surface area contributed by atoms with E-state index in [9.17, 15) is 0 Å². The molecule has 0 unspecified atom stereocenters. The van der Waals surface area contributed by atoms with Gasteiger partial charge in [-0.15, -0.1) is 0 Å². The highest BCUT2D eigenvalue weighted by atomic mass is 14.2. The van der Waals surface area contributed by atoms with E-state index in [1.807, 2.05) is 0 Å². The first-order valence-corrected chi connectivity index (χ1v) is 3.11. The third-order valence-corrected chi connectivity index (χ3v) is 1.87. The first-order valence-electron chi connectivity index (χ1n) is 3.11. The fraction of sp³-hybridized carbons (Fsp3) is 0.625. The predicted molar refractivity (Wildman–Crippen MR) is 35.4 cm³/mol. The molecule has 1 aliphatic carbocycles. The van der Waals surface area contributed by atoms with Crippen molar-refractivity contribution >= 4 is 0 Å². The summed E-state index contributed by atoms with van der Waals surface area (Å²) >= 11 is 0. The second-order valence-corrected chi connectivity index (χ2v) is 2.73. The SMILES string of the molecule is [CH]C1CC(C)=C(C)C1. The molecule has 2 radical (unpaired) electrons. The van der Waals surface area contributed by atoms with Crippen LogP contribution in [0.5, 0.6) is 0 Å². The van der Waals surface area contributed by atoms with Crippen molar-refractivity contribution in [1.82, 2.24) is 0 Å². The molecule has 8 heavy (non-hydrogen) atoms. The topological polar surface area (TPSA) is 0 Å². The van der Waals surface area contributed by atoms with Gasteiger partial charge < -0.3 is 0 Å². The number of hydrogen-bond donors (Lipinski definition) is 0. The standard InChI is InChI=1S/C8H12/c1-6-4-7(2)8(3)5-6/h1,6H,4-5H2,2-3H3. The van der Waals surface area contributed by atoms with Crippen LogP contribution in [0.2, 0.25) is 0 Å². The Bertz CT molecular complexity index is 106. The fourth-order valence-corrected chi connectivity index (χ4v) is 1.21. The van der Waals surface area contributed by atoms with E-state index < -0.39 is 0 Å². The molecule has 0 bridgehead atoms. The average molecular weight is 108 g/mol. The van der Waals surface area contributed by atoms with E-state index in [-0.39, 0.29) is 0 Å². The molecule has 0 spiro atoms. The zero-order valence-corrected chi connectivity index (χ0v) is 5.57. The molecule has 1 aliphatic rings. The lowest BCUT2D eigenvalue weighted by Gasteiger charge is -1.95. The van der Waals surface area contributed by atoms with Crippen LogP contribution in [0.4, 0.5) is 0 Å². The minimum Gasteiger partial charge on any atom is -0.0741 e. The Morgan fingerprint density at radius 2 is 1.62 bits per heavy atom. The summed E-state index contributed by atoms with van der Waals surface area (Å²) in [4.78, 5) is 0. The van der Waals surface area contributed by atoms with Crippen molar-refractivity contribution in [1.29, 1.82) is 0 Å². The molecule has 0 atom stereocenters. The van der Waals surface area contributed by atoms with Crippen LogP contribution >= 0.6 is 0 Å². The van der Waals surface area contributed by atoms with Crippen molar-refractivity contribution < 1.29 is 0 Å². The molecule has 0 aliphatic heterocycles. The Morgan fingerprint density at radius 1 is 1.25 bits per heavy atom. The summed E-state index contributed by atoms with van der Waals surface area (Å²) in [6, 6.07) is 0. The van der Waals surface area contributed by atoms with Crippen molar-refractivity contribution in [2.75, 3.05) is 0 Å². The summed E-state index contributed by atoms with van der Waals surface area (Å²) in [5.41, 5.74) is 3.00. The highest BCUT2D eigenvalue weighted by Crippen LogP contribution is 2.29. The van der Waals surface area contributed by atoms with Gasteiger partial charge in [-0.2, -0.15) is 0 Å². The van der Waals surface area contributed by atoms with Crippen LogP contribution in [-0.2, 0) is 0 Å². The molecule has 0 aromatic carbocycles. The zero-order valence-electron chi connectivity index (χ0n) is 5.57. The molecule has 0 saturated heterocycles. The minimum absolute atomic E-state index is 0.426. The van der Waals surface area contributed by atoms with E-state index in [1.54, 1.807) is 0 Å². The molecule has 0 heteroatoms. The van der Waals surface area contributed by atoms with Crippen molar-refractivity contribution in [3.63, 3.8) is 0 Å². The van der Waals surface area contributed by atoms with Gasteiger partial charge in [0.15, 0.2) is 0 Å². The Labute approximate surface area is 51.6 Å². The van der Waals surface area contributed by atoms with E-state index in [4.69, 9.17) is 6.92 Å². The van der Waals surface area contributed by atoms with Crippen LogP contribution < -0.4 is 0 Å². The lowest BCUT2D eigenvalue weighted by atomic mass is 10.1. The molecule has 0 saturated carbocycles. The van der Waals surface area contributed by atoms with E-state index in [2.05, 4.69) is 13.8 Å². The van der Waals surface area contributed by atoms with Crippen molar-refractivity contribution in [3.8, 4) is 0 Å². The van der Waals surface area contributed by atoms with Gasteiger partial charge in [0, 0.05) is 0 Å². The molecule has 0 aromatic heterocycles. The van der Waals surface area contributed by atoms with Crippen molar-refractivity contribution in [2.24, 2.45) is 5.92 Å². The van der Waals surface area contributed by atoms with Gasteiger partial charge >= 0.3 is 0 Å². The van der Waals surface area contributed by atoms with Crippen molar-refractivity contribution in [3.05, 3.63) is 18.1 Å². The Balaban J connectivity index is 2.60. The summed E-state index contributed by atoms with van der Waals surface area (Å²) in [5.74, 6) is 0.426. The summed E-state index contributed by atoms with van der Waals surface area (Å²) in [6.45, 7) is 10.0. The molecular weight excluding hydrogens is 96.1 g/mol. The number of hydrogen-bond acceptors (Lipinski definition) is 0. The second kappa shape index (κ2) is 1.93. The van der Waals surface area contributed by atoms with Gasteiger partial charge in [0.05, 0.1) is 0 Å². The maximum absolute atomic E-state index is 5.67. The number of allylic oxidation sites excluding steroid dienone is 2. The molecule has 0 N–H and O–H groups in total. The van der Waals surface area contributed by atoms with Gasteiger partial charge in [-0.05, 0) is 39.5 Å². The molecule has 0 nitrogen and oxygen atoms in total. The van der Waals surface area contributed by atoms with Gasteiger partial charge in [0.1, 0.15) is 0 Å². The van der Waals surface area contributed by atoms with Crippen LogP contribution in [-0.4, -0.2) is 0 Å². The molecule has 1 rings (SSSR count). The van der Waals surface area contributed by atoms with E-state index >= 15 is 0 Å². The van der Waals surface area contributed by atoms with Gasteiger partial charge in [-0.3, -0.25) is 0 Å². The second-order valence-electron chi connectivity index (χ2n) is 2.73. The quantitative estimate of drug-likeness (QED) is 0.418. The van der Waals surface area contributed by atoms with Gasteiger partial charge in [0.2, 0.25) is 0 Å². The Hall–Kier alpha value is -0.260. The van der Waals surface area contributed by atoms with Crippen LogP contribution in [0.15, 0.2) is 11.1 Å². The van der Waals surface area contributed by atoms with Crippen molar-refractivity contribution in [2.45, 2.75) is 26.7 Å². The normalized spacial score (nSPS) is 22.9. The Morgan fingerprint density at radius 3 is 1.75 bits per heavy atom. The minimum atomic E-state index is 0.426. The van der Waals surface area contributed by atoms with Gasteiger partial charge in [-0.25, -0.2) is 0 Å². The van der Waals surface area contributed by atoms with Crippen LogP contribution in [0.3, 0.4) is 0 Å². The van der Waals surface area contributed by atoms with Gasteiger partial charge in [-0.1, -0.05) is 11.1 Å². The largest absolute Gasteiger partial charge is 0.0741 e. The first-order chi connectivity index (χ1) is 3.70. The smallest absolute Gasteiger partial charge is 0.0286 e.